The molecular weight excluding hydrogens is 236 g/mol. The number of carbonyl (C=O) groups excluding carboxylic acids is 1. The van der Waals surface area contributed by atoms with Crippen molar-refractivity contribution < 1.29 is 9.53 Å². The SMILES string of the molecule is Cc1cc(OC(N)=O)cc(N2CCSCC2)c1. The minimum Gasteiger partial charge on any atom is -0.410 e. The van der Waals surface area contributed by atoms with Crippen molar-refractivity contribution in [1.29, 1.82) is 0 Å². The zero-order chi connectivity index (χ0) is 12.3. The van der Waals surface area contributed by atoms with Gasteiger partial charge in [0, 0.05) is 36.3 Å². The molecule has 2 rings (SSSR count). The molecule has 0 aliphatic carbocycles. The van der Waals surface area contributed by atoms with E-state index >= 15 is 0 Å². The molecule has 0 bridgehead atoms. The number of carbonyl (C=O) groups is 1. The van der Waals surface area contributed by atoms with E-state index in [2.05, 4.69) is 11.0 Å². The summed E-state index contributed by atoms with van der Waals surface area (Å²) in [4.78, 5) is 13.1. The van der Waals surface area contributed by atoms with Crippen LogP contribution in [0.5, 0.6) is 5.75 Å². The van der Waals surface area contributed by atoms with Crippen LogP contribution in [-0.2, 0) is 0 Å². The van der Waals surface area contributed by atoms with Gasteiger partial charge in [-0.1, -0.05) is 0 Å². The fourth-order valence-electron chi connectivity index (χ4n) is 1.91. The summed E-state index contributed by atoms with van der Waals surface area (Å²) in [6, 6.07) is 5.78. The van der Waals surface area contributed by atoms with E-state index < -0.39 is 6.09 Å². The second kappa shape index (κ2) is 5.31. The van der Waals surface area contributed by atoms with E-state index in [1.807, 2.05) is 30.8 Å². The maximum absolute atomic E-state index is 10.8. The molecule has 4 nitrogen and oxygen atoms in total. The number of anilines is 1. The first-order valence-electron chi connectivity index (χ1n) is 5.57. The highest BCUT2D eigenvalue weighted by Crippen LogP contribution is 2.26. The van der Waals surface area contributed by atoms with Gasteiger partial charge in [0.2, 0.25) is 0 Å². The third kappa shape index (κ3) is 3.30. The van der Waals surface area contributed by atoms with E-state index in [-0.39, 0.29) is 0 Å². The van der Waals surface area contributed by atoms with Crippen molar-refractivity contribution in [3.8, 4) is 5.75 Å². The number of rotatable bonds is 2. The minimum absolute atomic E-state index is 0.519. The second-order valence-electron chi connectivity index (χ2n) is 4.02. The summed E-state index contributed by atoms with van der Waals surface area (Å²) in [7, 11) is 0. The summed E-state index contributed by atoms with van der Waals surface area (Å²) in [6.07, 6.45) is -0.768. The molecule has 5 heteroatoms. The van der Waals surface area contributed by atoms with Crippen molar-refractivity contribution in [2.45, 2.75) is 6.92 Å². The first kappa shape index (κ1) is 12.1. The molecule has 92 valence electrons. The number of amides is 1. The molecule has 1 amide bonds. The van der Waals surface area contributed by atoms with E-state index in [1.54, 1.807) is 0 Å². The normalized spacial score (nSPS) is 15.7. The molecule has 2 N–H and O–H groups in total. The van der Waals surface area contributed by atoms with Crippen LogP contribution >= 0.6 is 11.8 Å². The molecule has 1 aliphatic rings. The number of primary amides is 1. The quantitative estimate of drug-likeness (QED) is 0.874. The van der Waals surface area contributed by atoms with Gasteiger partial charge in [0.25, 0.3) is 0 Å². The smallest absolute Gasteiger partial charge is 0.409 e. The first-order valence-corrected chi connectivity index (χ1v) is 6.72. The van der Waals surface area contributed by atoms with Gasteiger partial charge in [0.15, 0.2) is 0 Å². The zero-order valence-corrected chi connectivity index (χ0v) is 10.6. The number of nitrogens with two attached hydrogens (primary N) is 1. The van der Waals surface area contributed by atoms with Crippen LogP contribution in [0.2, 0.25) is 0 Å². The summed E-state index contributed by atoms with van der Waals surface area (Å²) >= 11 is 1.97. The predicted molar refractivity (Wildman–Crippen MR) is 70.9 cm³/mol. The molecule has 0 atom stereocenters. The number of benzene rings is 1. The van der Waals surface area contributed by atoms with Crippen molar-refractivity contribution in [3.05, 3.63) is 23.8 Å². The third-order valence-corrected chi connectivity index (χ3v) is 3.57. The lowest BCUT2D eigenvalue weighted by atomic mass is 10.2. The molecule has 17 heavy (non-hydrogen) atoms. The van der Waals surface area contributed by atoms with E-state index in [0.29, 0.717) is 5.75 Å². The van der Waals surface area contributed by atoms with Crippen LogP contribution in [0.15, 0.2) is 18.2 Å². The average molecular weight is 252 g/mol. The van der Waals surface area contributed by atoms with E-state index in [4.69, 9.17) is 10.5 Å². The van der Waals surface area contributed by atoms with Gasteiger partial charge in [-0.3, -0.25) is 0 Å². The summed E-state index contributed by atoms with van der Waals surface area (Å²) in [6.45, 7) is 4.05. The van der Waals surface area contributed by atoms with Crippen LogP contribution in [-0.4, -0.2) is 30.7 Å². The zero-order valence-electron chi connectivity index (χ0n) is 9.81. The van der Waals surface area contributed by atoms with Crippen molar-refractivity contribution in [3.63, 3.8) is 0 Å². The van der Waals surface area contributed by atoms with Crippen molar-refractivity contribution in [2.24, 2.45) is 5.73 Å². The Balaban J connectivity index is 2.20. The van der Waals surface area contributed by atoms with E-state index in [0.717, 1.165) is 35.8 Å². The molecule has 1 fully saturated rings. The summed E-state index contributed by atoms with van der Waals surface area (Å²) in [5, 5.41) is 0. The molecule has 1 aromatic carbocycles. The molecule has 1 saturated heterocycles. The summed E-state index contributed by atoms with van der Waals surface area (Å²) in [5.41, 5.74) is 7.19. The standard InChI is InChI=1S/C12H16N2O2S/c1-9-6-10(14-2-4-17-5-3-14)8-11(7-9)16-12(13)15/h6-8H,2-5H2,1H3,(H2,13,15). The Labute approximate surface area is 105 Å². The Hall–Kier alpha value is -1.36. The Morgan fingerprint density at radius 2 is 2.06 bits per heavy atom. The Bertz CT molecular complexity index is 417. The fraction of sp³-hybridized carbons (Fsp3) is 0.417. The predicted octanol–water partition coefficient (Wildman–Crippen LogP) is 2.01. The molecule has 0 unspecified atom stereocenters. The lowest BCUT2D eigenvalue weighted by Crippen LogP contribution is -2.32. The minimum atomic E-state index is -0.768. The average Bonchev–Trinajstić information content (AvgIpc) is 2.28. The largest absolute Gasteiger partial charge is 0.410 e. The Morgan fingerprint density at radius 1 is 1.35 bits per heavy atom. The van der Waals surface area contributed by atoms with Crippen LogP contribution < -0.4 is 15.4 Å². The molecule has 0 aromatic heterocycles. The van der Waals surface area contributed by atoms with Gasteiger partial charge in [0.1, 0.15) is 5.75 Å². The number of aryl methyl sites for hydroxylation is 1. The number of thioether (sulfide) groups is 1. The molecule has 0 spiro atoms. The van der Waals surface area contributed by atoms with Gasteiger partial charge in [-0.15, -0.1) is 0 Å². The molecule has 1 aromatic rings. The third-order valence-electron chi connectivity index (χ3n) is 2.63. The fourth-order valence-corrected chi connectivity index (χ4v) is 2.81. The number of nitrogens with zero attached hydrogens (tertiary/aromatic N) is 1. The highest BCUT2D eigenvalue weighted by molar-refractivity contribution is 7.99. The van der Waals surface area contributed by atoms with E-state index in [9.17, 15) is 4.79 Å². The Morgan fingerprint density at radius 3 is 2.71 bits per heavy atom. The van der Waals surface area contributed by atoms with Gasteiger partial charge in [-0.25, -0.2) is 4.79 Å². The van der Waals surface area contributed by atoms with Gasteiger partial charge >= 0.3 is 6.09 Å². The van der Waals surface area contributed by atoms with Crippen LogP contribution in [0.3, 0.4) is 0 Å². The van der Waals surface area contributed by atoms with Gasteiger partial charge in [-0.2, -0.15) is 11.8 Å². The monoisotopic (exact) mass is 252 g/mol. The molecule has 0 saturated carbocycles. The lowest BCUT2D eigenvalue weighted by Gasteiger charge is -2.29. The maximum atomic E-state index is 10.8. The van der Waals surface area contributed by atoms with E-state index in [1.165, 1.54) is 0 Å². The van der Waals surface area contributed by atoms with Gasteiger partial charge in [0.05, 0.1) is 0 Å². The van der Waals surface area contributed by atoms with Crippen molar-refractivity contribution >= 4 is 23.5 Å². The molecule has 1 heterocycles. The first-order chi connectivity index (χ1) is 8.15. The Kier molecular flexibility index (Phi) is 3.78. The number of ether oxygens (including phenoxy) is 1. The van der Waals surface area contributed by atoms with Crippen LogP contribution in [0.25, 0.3) is 0 Å². The van der Waals surface area contributed by atoms with Crippen molar-refractivity contribution in [1.82, 2.24) is 0 Å². The topological polar surface area (TPSA) is 55.6 Å². The lowest BCUT2D eigenvalue weighted by molar-refractivity contribution is 0.211. The maximum Gasteiger partial charge on any atom is 0.409 e. The van der Waals surface area contributed by atoms with Crippen LogP contribution in [0.1, 0.15) is 5.56 Å². The molecular formula is C12H16N2O2S. The molecule has 1 aliphatic heterocycles. The highest BCUT2D eigenvalue weighted by Gasteiger charge is 2.13. The van der Waals surface area contributed by atoms with Crippen molar-refractivity contribution in [2.75, 3.05) is 29.5 Å². The number of hydrogen-bond donors (Lipinski definition) is 1. The molecule has 0 radical (unpaired) electrons. The van der Waals surface area contributed by atoms with Gasteiger partial charge < -0.3 is 15.4 Å². The van der Waals surface area contributed by atoms with Crippen LogP contribution in [0.4, 0.5) is 10.5 Å². The number of hydrogen-bond acceptors (Lipinski definition) is 4. The van der Waals surface area contributed by atoms with Gasteiger partial charge in [-0.05, 0) is 24.6 Å². The second-order valence-corrected chi connectivity index (χ2v) is 5.25. The summed E-state index contributed by atoms with van der Waals surface area (Å²) in [5.74, 6) is 2.80. The van der Waals surface area contributed by atoms with Crippen LogP contribution in [0, 0.1) is 6.92 Å². The summed E-state index contributed by atoms with van der Waals surface area (Å²) < 4.78 is 4.93. The highest BCUT2D eigenvalue weighted by atomic mass is 32.2.